The van der Waals surface area contributed by atoms with Crippen molar-refractivity contribution in [1.29, 1.82) is 0 Å². The summed E-state index contributed by atoms with van der Waals surface area (Å²) in [5, 5.41) is 3.67. The zero-order valence-electron chi connectivity index (χ0n) is 11.2. The van der Waals surface area contributed by atoms with Crippen molar-refractivity contribution in [2.24, 2.45) is 10.9 Å². The first-order valence-corrected chi connectivity index (χ1v) is 6.14. The third-order valence-corrected chi connectivity index (χ3v) is 2.69. The summed E-state index contributed by atoms with van der Waals surface area (Å²) >= 11 is 0. The van der Waals surface area contributed by atoms with Crippen molar-refractivity contribution in [3.8, 4) is 0 Å². The molecule has 0 aromatic heterocycles. The molecule has 0 aliphatic heterocycles. The smallest absolute Gasteiger partial charge is 0.0348 e. The highest BCUT2D eigenvalue weighted by molar-refractivity contribution is 5.81. The lowest BCUT2D eigenvalue weighted by atomic mass is 10.1. The van der Waals surface area contributed by atoms with Crippen LogP contribution in [0.5, 0.6) is 0 Å². The maximum absolute atomic E-state index is 5.19. The van der Waals surface area contributed by atoms with E-state index in [9.17, 15) is 0 Å². The van der Waals surface area contributed by atoms with Gasteiger partial charge in [0.05, 0.1) is 0 Å². The molecular formula is C14H26N2. The first-order chi connectivity index (χ1) is 7.60. The van der Waals surface area contributed by atoms with Crippen LogP contribution in [0.4, 0.5) is 0 Å². The van der Waals surface area contributed by atoms with Gasteiger partial charge in [-0.3, -0.25) is 0 Å². The SMILES string of the molecule is CC/C=C(\C)CC/C=C(\C)CC/C(C)=N/N. The van der Waals surface area contributed by atoms with Gasteiger partial charge in [0.2, 0.25) is 0 Å². The van der Waals surface area contributed by atoms with E-state index >= 15 is 0 Å². The molecule has 0 aromatic rings. The van der Waals surface area contributed by atoms with Gasteiger partial charge in [0.15, 0.2) is 0 Å². The van der Waals surface area contributed by atoms with E-state index in [1.54, 1.807) is 0 Å². The number of hydrazone groups is 1. The minimum Gasteiger partial charge on any atom is -0.323 e. The maximum atomic E-state index is 5.19. The van der Waals surface area contributed by atoms with Crippen LogP contribution < -0.4 is 5.84 Å². The Morgan fingerprint density at radius 3 is 2.19 bits per heavy atom. The van der Waals surface area contributed by atoms with Crippen molar-refractivity contribution < 1.29 is 0 Å². The summed E-state index contributed by atoms with van der Waals surface area (Å²) in [6, 6.07) is 0. The average Bonchev–Trinajstić information content (AvgIpc) is 2.26. The zero-order chi connectivity index (χ0) is 12.4. The van der Waals surface area contributed by atoms with E-state index in [0.29, 0.717) is 0 Å². The van der Waals surface area contributed by atoms with Gasteiger partial charge in [0.1, 0.15) is 0 Å². The van der Waals surface area contributed by atoms with E-state index in [0.717, 1.165) is 31.4 Å². The molecular weight excluding hydrogens is 196 g/mol. The lowest BCUT2D eigenvalue weighted by molar-refractivity contribution is 0.923. The molecule has 0 aliphatic rings. The van der Waals surface area contributed by atoms with Gasteiger partial charge in [0.25, 0.3) is 0 Å². The summed E-state index contributed by atoms with van der Waals surface area (Å²) in [5.41, 5.74) is 3.95. The fourth-order valence-electron chi connectivity index (χ4n) is 1.54. The second kappa shape index (κ2) is 9.20. The molecule has 2 heteroatoms. The van der Waals surface area contributed by atoms with Gasteiger partial charge in [0, 0.05) is 5.71 Å². The van der Waals surface area contributed by atoms with Crippen LogP contribution in [-0.2, 0) is 0 Å². The summed E-state index contributed by atoms with van der Waals surface area (Å²) in [4.78, 5) is 0. The van der Waals surface area contributed by atoms with Crippen LogP contribution >= 0.6 is 0 Å². The summed E-state index contributed by atoms with van der Waals surface area (Å²) in [5.74, 6) is 5.19. The lowest BCUT2D eigenvalue weighted by Crippen LogP contribution is -1.96. The highest BCUT2D eigenvalue weighted by Gasteiger charge is 1.94. The quantitative estimate of drug-likeness (QED) is 0.298. The molecule has 2 nitrogen and oxygen atoms in total. The second-order valence-electron chi connectivity index (χ2n) is 4.41. The minimum absolute atomic E-state index is 0.975. The van der Waals surface area contributed by atoms with E-state index in [1.807, 2.05) is 6.92 Å². The minimum atomic E-state index is 0.975. The fourth-order valence-corrected chi connectivity index (χ4v) is 1.54. The van der Waals surface area contributed by atoms with E-state index in [1.165, 1.54) is 17.6 Å². The number of nitrogens with two attached hydrogens (primary N) is 1. The van der Waals surface area contributed by atoms with Gasteiger partial charge in [-0.05, 0) is 52.9 Å². The van der Waals surface area contributed by atoms with E-state index in [2.05, 4.69) is 38.0 Å². The van der Waals surface area contributed by atoms with Crippen LogP contribution in [0.3, 0.4) is 0 Å². The van der Waals surface area contributed by atoms with Crippen LogP contribution in [0.25, 0.3) is 0 Å². The number of allylic oxidation sites excluding steroid dienone is 4. The van der Waals surface area contributed by atoms with Gasteiger partial charge in [-0.2, -0.15) is 5.10 Å². The Balaban J connectivity index is 3.83. The Bertz CT molecular complexity index is 272. The fraction of sp³-hybridized carbons (Fsp3) is 0.643. The largest absolute Gasteiger partial charge is 0.323 e. The number of nitrogens with zero attached hydrogens (tertiary/aromatic N) is 1. The van der Waals surface area contributed by atoms with Crippen LogP contribution in [0.2, 0.25) is 0 Å². The molecule has 0 unspecified atom stereocenters. The molecule has 0 atom stereocenters. The summed E-state index contributed by atoms with van der Waals surface area (Å²) in [6.07, 6.45) is 10.1. The summed E-state index contributed by atoms with van der Waals surface area (Å²) < 4.78 is 0. The summed E-state index contributed by atoms with van der Waals surface area (Å²) in [6.45, 7) is 8.54. The Kier molecular flexibility index (Phi) is 8.59. The molecule has 0 rings (SSSR count). The maximum Gasteiger partial charge on any atom is 0.0348 e. The number of hydrogen-bond acceptors (Lipinski definition) is 2. The third-order valence-electron chi connectivity index (χ3n) is 2.69. The van der Waals surface area contributed by atoms with Crippen LogP contribution in [0.15, 0.2) is 28.4 Å². The van der Waals surface area contributed by atoms with Gasteiger partial charge in [-0.25, -0.2) is 0 Å². The molecule has 0 radical (unpaired) electrons. The van der Waals surface area contributed by atoms with Crippen molar-refractivity contribution in [3.05, 3.63) is 23.3 Å². The molecule has 2 N–H and O–H groups in total. The molecule has 0 aliphatic carbocycles. The predicted octanol–water partition coefficient (Wildman–Crippen LogP) is 4.18. The van der Waals surface area contributed by atoms with Crippen LogP contribution in [0, 0.1) is 0 Å². The molecule has 92 valence electrons. The highest BCUT2D eigenvalue weighted by Crippen LogP contribution is 2.10. The molecule has 0 bridgehead atoms. The zero-order valence-corrected chi connectivity index (χ0v) is 11.2. The molecule has 0 spiro atoms. The standard InChI is InChI=1S/C14H26N2/c1-5-7-12(2)8-6-9-13(3)10-11-14(4)16-15/h7,9H,5-6,8,10-11,15H2,1-4H3/b12-7+,13-9+,16-14+. The third kappa shape index (κ3) is 8.27. The first-order valence-electron chi connectivity index (χ1n) is 6.14. The molecule has 0 saturated carbocycles. The Hall–Kier alpha value is -1.05. The van der Waals surface area contributed by atoms with Gasteiger partial charge >= 0.3 is 0 Å². The molecule has 0 aromatic carbocycles. The van der Waals surface area contributed by atoms with Crippen LogP contribution in [-0.4, -0.2) is 5.71 Å². The van der Waals surface area contributed by atoms with Gasteiger partial charge < -0.3 is 5.84 Å². The Labute approximate surface area is 100 Å². The van der Waals surface area contributed by atoms with Crippen LogP contribution in [0.1, 0.15) is 59.8 Å². The molecule has 0 amide bonds. The predicted molar refractivity (Wildman–Crippen MR) is 73.6 cm³/mol. The van der Waals surface area contributed by atoms with E-state index in [-0.39, 0.29) is 0 Å². The highest BCUT2D eigenvalue weighted by atomic mass is 15.1. The van der Waals surface area contributed by atoms with E-state index in [4.69, 9.17) is 5.84 Å². The average molecular weight is 222 g/mol. The molecule has 0 heterocycles. The van der Waals surface area contributed by atoms with Crippen molar-refractivity contribution in [2.45, 2.75) is 59.8 Å². The Morgan fingerprint density at radius 1 is 1.00 bits per heavy atom. The lowest BCUT2D eigenvalue weighted by Gasteiger charge is -2.02. The van der Waals surface area contributed by atoms with Crippen molar-refractivity contribution in [3.63, 3.8) is 0 Å². The molecule has 16 heavy (non-hydrogen) atoms. The summed E-state index contributed by atoms with van der Waals surface area (Å²) in [7, 11) is 0. The van der Waals surface area contributed by atoms with Crippen molar-refractivity contribution in [2.75, 3.05) is 0 Å². The monoisotopic (exact) mass is 222 g/mol. The molecule has 0 fully saturated rings. The first kappa shape index (κ1) is 14.9. The number of hydrogen-bond donors (Lipinski definition) is 1. The topological polar surface area (TPSA) is 38.4 Å². The number of rotatable bonds is 7. The normalized spacial score (nSPS) is 14.4. The molecule has 0 saturated heterocycles. The van der Waals surface area contributed by atoms with Crippen molar-refractivity contribution in [1.82, 2.24) is 0 Å². The Morgan fingerprint density at radius 2 is 1.62 bits per heavy atom. The van der Waals surface area contributed by atoms with Crippen molar-refractivity contribution >= 4 is 5.71 Å². The van der Waals surface area contributed by atoms with Gasteiger partial charge in [-0.15, -0.1) is 0 Å². The van der Waals surface area contributed by atoms with E-state index < -0.39 is 0 Å². The second-order valence-corrected chi connectivity index (χ2v) is 4.41. The van der Waals surface area contributed by atoms with Gasteiger partial charge in [-0.1, -0.05) is 30.2 Å².